The Hall–Kier alpha value is -0.410. The summed E-state index contributed by atoms with van der Waals surface area (Å²) in [6.45, 7) is 1.90. The molecule has 1 nitrogen and oxygen atoms in total. The third-order valence-corrected chi connectivity index (χ3v) is 2.58. The Morgan fingerprint density at radius 3 is 2.64 bits per heavy atom. The van der Waals surface area contributed by atoms with Crippen molar-refractivity contribution in [3.63, 3.8) is 0 Å². The summed E-state index contributed by atoms with van der Waals surface area (Å²) in [5.41, 5.74) is 1.69. The summed E-state index contributed by atoms with van der Waals surface area (Å²) in [5.74, 6) is 0. The van der Waals surface area contributed by atoms with Crippen LogP contribution in [0.1, 0.15) is 11.1 Å². The molecule has 3 heteroatoms. The van der Waals surface area contributed by atoms with Gasteiger partial charge in [0.2, 0.25) is 0 Å². The molecule has 1 aromatic rings. The number of halogens is 1. The fourth-order valence-electron chi connectivity index (χ4n) is 0.839. The first kappa shape index (κ1) is 8.68. The molecule has 0 aliphatic rings. The molecule has 0 saturated carbocycles. The summed E-state index contributed by atoms with van der Waals surface area (Å²) >= 11 is 7.99. The first-order valence-electron chi connectivity index (χ1n) is 3.11. The monoisotopic (exact) mass is 230 g/mol. The minimum atomic E-state index is -0.0520. The number of hydrogen-bond donors (Lipinski definition) is 1. The highest BCUT2D eigenvalue weighted by molar-refractivity contribution is 9.10. The lowest BCUT2D eigenvalue weighted by Crippen LogP contribution is -1.97. The van der Waals surface area contributed by atoms with Gasteiger partial charge in [0, 0.05) is 10.0 Å². The molecular formula is C8H7BrOS. The van der Waals surface area contributed by atoms with E-state index in [1.54, 1.807) is 6.07 Å². The van der Waals surface area contributed by atoms with Crippen LogP contribution in [0, 0.1) is 6.92 Å². The van der Waals surface area contributed by atoms with Crippen LogP contribution < -0.4 is 0 Å². The second-order valence-corrected chi connectivity index (χ2v) is 3.46. The molecule has 0 atom stereocenters. The summed E-state index contributed by atoms with van der Waals surface area (Å²) in [5, 5.41) is 8.99. The highest BCUT2D eigenvalue weighted by Gasteiger charge is 2.03. The van der Waals surface area contributed by atoms with Gasteiger partial charge in [-0.15, -0.1) is 0 Å². The highest BCUT2D eigenvalue weighted by Crippen LogP contribution is 2.19. The molecule has 0 aliphatic heterocycles. The molecular weight excluding hydrogens is 224 g/mol. The molecule has 0 radical (unpaired) electrons. The van der Waals surface area contributed by atoms with Gasteiger partial charge >= 0.3 is 0 Å². The molecule has 1 N–H and O–H groups in total. The van der Waals surface area contributed by atoms with Gasteiger partial charge in [-0.1, -0.05) is 28.1 Å². The average molecular weight is 231 g/mol. The molecule has 0 fully saturated rings. The Balaban J connectivity index is 3.27. The molecule has 0 saturated heterocycles. The quantitative estimate of drug-likeness (QED) is 0.749. The molecule has 0 bridgehead atoms. The lowest BCUT2D eigenvalue weighted by Gasteiger charge is -2.02. The van der Waals surface area contributed by atoms with Crippen molar-refractivity contribution in [3.05, 3.63) is 33.8 Å². The van der Waals surface area contributed by atoms with E-state index in [1.165, 1.54) is 0 Å². The predicted octanol–water partition coefficient (Wildman–Crippen LogP) is 2.99. The SMILES string of the molecule is Cc1c(Br)cccc1C(O)=S. The Kier molecular flexibility index (Phi) is 2.62. The van der Waals surface area contributed by atoms with E-state index in [0.29, 0.717) is 0 Å². The van der Waals surface area contributed by atoms with Crippen molar-refractivity contribution in [1.82, 2.24) is 0 Å². The number of thiocarbonyl (C=S) groups is 1. The summed E-state index contributed by atoms with van der Waals surface area (Å²) in [6.07, 6.45) is 0. The second-order valence-electron chi connectivity index (χ2n) is 2.22. The highest BCUT2D eigenvalue weighted by atomic mass is 79.9. The molecule has 58 valence electrons. The van der Waals surface area contributed by atoms with Crippen LogP contribution in [0.5, 0.6) is 0 Å². The Labute approximate surface area is 79.2 Å². The van der Waals surface area contributed by atoms with Gasteiger partial charge in [-0.2, -0.15) is 0 Å². The Morgan fingerprint density at radius 1 is 1.55 bits per heavy atom. The smallest absolute Gasteiger partial charge is 0.188 e. The first-order valence-corrected chi connectivity index (χ1v) is 4.31. The van der Waals surface area contributed by atoms with Gasteiger partial charge in [0.25, 0.3) is 0 Å². The van der Waals surface area contributed by atoms with Crippen LogP contribution in [-0.2, 0) is 0 Å². The fourth-order valence-corrected chi connectivity index (χ4v) is 1.43. The maximum absolute atomic E-state index is 9.04. The van der Waals surface area contributed by atoms with E-state index in [1.807, 2.05) is 19.1 Å². The summed E-state index contributed by atoms with van der Waals surface area (Å²) in [6, 6.07) is 5.55. The molecule has 0 amide bonds. The van der Waals surface area contributed by atoms with Crippen LogP contribution in [-0.4, -0.2) is 10.2 Å². The van der Waals surface area contributed by atoms with Crippen LogP contribution >= 0.6 is 28.1 Å². The summed E-state index contributed by atoms with van der Waals surface area (Å²) in [7, 11) is 0. The van der Waals surface area contributed by atoms with Gasteiger partial charge < -0.3 is 5.11 Å². The van der Waals surface area contributed by atoms with E-state index >= 15 is 0 Å². The number of aliphatic hydroxyl groups is 1. The van der Waals surface area contributed by atoms with E-state index in [0.717, 1.165) is 15.6 Å². The van der Waals surface area contributed by atoms with Crippen molar-refractivity contribution < 1.29 is 5.11 Å². The van der Waals surface area contributed by atoms with Crippen molar-refractivity contribution >= 4 is 33.2 Å². The fraction of sp³-hybridized carbons (Fsp3) is 0.125. The molecule has 11 heavy (non-hydrogen) atoms. The zero-order valence-electron chi connectivity index (χ0n) is 5.97. The predicted molar refractivity (Wildman–Crippen MR) is 53.2 cm³/mol. The van der Waals surface area contributed by atoms with Crippen molar-refractivity contribution in [3.8, 4) is 0 Å². The molecule has 1 aromatic carbocycles. The van der Waals surface area contributed by atoms with Crippen LogP contribution in [0.25, 0.3) is 0 Å². The van der Waals surface area contributed by atoms with Gasteiger partial charge in [-0.25, -0.2) is 0 Å². The second kappa shape index (κ2) is 3.32. The number of benzene rings is 1. The maximum Gasteiger partial charge on any atom is 0.188 e. The van der Waals surface area contributed by atoms with Gasteiger partial charge in [0.15, 0.2) is 5.05 Å². The number of rotatable bonds is 1. The van der Waals surface area contributed by atoms with Crippen LogP contribution in [0.2, 0.25) is 0 Å². The van der Waals surface area contributed by atoms with E-state index < -0.39 is 0 Å². The third kappa shape index (κ3) is 1.79. The largest absolute Gasteiger partial charge is 0.499 e. The van der Waals surface area contributed by atoms with Gasteiger partial charge in [-0.05, 0) is 30.8 Å². The standard InChI is InChI=1S/C8H7BrOS/c1-5-6(8(10)11)3-2-4-7(5)9/h2-4H,1H3,(H,10,11). The van der Waals surface area contributed by atoms with E-state index in [4.69, 9.17) is 5.11 Å². The Morgan fingerprint density at radius 2 is 2.18 bits per heavy atom. The zero-order chi connectivity index (χ0) is 8.43. The van der Waals surface area contributed by atoms with Crippen LogP contribution in [0.4, 0.5) is 0 Å². The molecule has 0 heterocycles. The molecule has 0 aliphatic carbocycles. The van der Waals surface area contributed by atoms with Crippen molar-refractivity contribution in [2.75, 3.05) is 0 Å². The van der Waals surface area contributed by atoms with E-state index in [-0.39, 0.29) is 5.05 Å². The van der Waals surface area contributed by atoms with Crippen molar-refractivity contribution in [2.24, 2.45) is 0 Å². The molecule has 0 spiro atoms. The maximum atomic E-state index is 9.04. The average Bonchev–Trinajstić information content (AvgIpc) is 1.94. The van der Waals surface area contributed by atoms with Gasteiger partial charge in [0.05, 0.1) is 0 Å². The topological polar surface area (TPSA) is 20.2 Å². The molecule has 1 rings (SSSR count). The van der Waals surface area contributed by atoms with E-state index in [9.17, 15) is 0 Å². The zero-order valence-corrected chi connectivity index (χ0v) is 8.37. The summed E-state index contributed by atoms with van der Waals surface area (Å²) < 4.78 is 0.964. The minimum absolute atomic E-state index is 0.0520. The van der Waals surface area contributed by atoms with E-state index in [2.05, 4.69) is 28.1 Å². The Bertz CT molecular complexity index is 296. The normalized spacial score (nSPS) is 9.64. The minimum Gasteiger partial charge on any atom is -0.499 e. The van der Waals surface area contributed by atoms with Gasteiger partial charge in [0.1, 0.15) is 0 Å². The number of aliphatic hydroxyl groups excluding tert-OH is 1. The van der Waals surface area contributed by atoms with Crippen molar-refractivity contribution in [1.29, 1.82) is 0 Å². The third-order valence-electron chi connectivity index (χ3n) is 1.50. The number of hydrogen-bond acceptors (Lipinski definition) is 1. The summed E-state index contributed by atoms with van der Waals surface area (Å²) in [4.78, 5) is 0. The molecule has 0 unspecified atom stereocenters. The lowest BCUT2D eigenvalue weighted by molar-refractivity contribution is 0.570. The van der Waals surface area contributed by atoms with Crippen molar-refractivity contribution in [2.45, 2.75) is 6.92 Å². The first-order chi connectivity index (χ1) is 5.13. The lowest BCUT2D eigenvalue weighted by atomic mass is 10.1. The molecule has 0 aromatic heterocycles. The van der Waals surface area contributed by atoms with Gasteiger partial charge in [-0.3, -0.25) is 0 Å². The van der Waals surface area contributed by atoms with Crippen LogP contribution in [0.15, 0.2) is 22.7 Å². The van der Waals surface area contributed by atoms with Crippen LogP contribution in [0.3, 0.4) is 0 Å².